The fourth-order valence-electron chi connectivity index (χ4n) is 4.48. The minimum atomic E-state index is -1.59. The fraction of sp³-hybridized carbons (Fsp3) is 0.353. The molecule has 0 aliphatic carbocycles. The molecule has 1 unspecified atom stereocenters. The Morgan fingerprint density at radius 1 is 0.860 bits per heavy atom. The number of ether oxygens (including phenoxy) is 2. The van der Waals surface area contributed by atoms with Crippen molar-refractivity contribution in [2.24, 2.45) is 0 Å². The zero-order valence-corrected chi connectivity index (χ0v) is 26.1. The van der Waals surface area contributed by atoms with Gasteiger partial charge in [-0.15, -0.1) is 0 Å². The molecule has 2 N–H and O–H groups in total. The minimum Gasteiger partial charge on any atom is -0.448 e. The number of carbonyl (C=O) groups excluding carboxylic acids is 3. The van der Waals surface area contributed by atoms with Crippen molar-refractivity contribution in [3.05, 3.63) is 106 Å². The standard InChI is InChI=1S/C34H38ClN3O5/c1-22(28(20-23-15-17-27(35)18-16-23)26-14-10-11-24(19-26)21-36)37-31(40)34(5,6)42-30(39)29(25-12-8-7-9-13-25)38-32(41)43-33(2,3)4/h7-19,22,28-29H,20H2,1-6H3,(H,37,40)(H,38,41)/t22-,28+,29?/m0/s1. The van der Waals surface area contributed by atoms with E-state index >= 15 is 0 Å². The Morgan fingerprint density at radius 2 is 1.49 bits per heavy atom. The average Bonchev–Trinajstić information content (AvgIpc) is 2.94. The molecule has 0 saturated heterocycles. The molecule has 0 spiro atoms. The zero-order valence-electron chi connectivity index (χ0n) is 25.3. The molecule has 0 aliphatic heterocycles. The van der Waals surface area contributed by atoms with E-state index < -0.39 is 41.3 Å². The largest absolute Gasteiger partial charge is 0.448 e. The van der Waals surface area contributed by atoms with Crippen LogP contribution < -0.4 is 10.6 Å². The first-order valence-electron chi connectivity index (χ1n) is 14.0. The van der Waals surface area contributed by atoms with Crippen molar-refractivity contribution >= 4 is 29.6 Å². The van der Waals surface area contributed by atoms with Crippen LogP contribution >= 0.6 is 11.6 Å². The number of halogens is 1. The molecule has 0 aliphatic rings. The second-order valence-electron chi connectivity index (χ2n) is 11.9. The summed E-state index contributed by atoms with van der Waals surface area (Å²) in [5, 5.41) is 15.7. The minimum absolute atomic E-state index is 0.212. The van der Waals surface area contributed by atoms with Crippen LogP contribution in [0.15, 0.2) is 78.9 Å². The van der Waals surface area contributed by atoms with Crippen LogP contribution in [0.1, 0.15) is 75.8 Å². The van der Waals surface area contributed by atoms with E-state index in [0.717, 1.165) is 11.1 Å². The van der Waals surface area contributed by atoms with Gasteiger partial charge in [0.2, 0.25) is 0 Å². The summed E-state index contributed by atoms with van der Waals surface area (Å²) in [5.74, 6) is -1.55. The summed E-state index contributed by atoms with van der Waals surface area (Å²) in [6, 6.07) is 23.9. The molecule has 0 radical (unpaired) electrons. The Kier molecular flexibility index (Phi) is 11.0. The van der Waals surface area contributed by atoms with Gasteiger partial charge < -0.3 is 20.1 Å². The van der Waals surface area contributed by atoms with Crippen LogP contribution in [0.5, 0.6) is 0 Å². The number of esters is 1. The Morgan fingerprint density at radius 3 is 2.09 bits per heavy atom. The van der Waals surface area contributed by atoms with Crippen LogP contribution in [-0.2, 0) is 25.5 Å². The number of nitrogens with zero attached hydrogens (tertiary/aromatic N) is 1. The van der Waals surface area contributed by atoms with Crippen LogP contribution in [-0.4, -0.2) is 35.2 Å². The van der Waals surface area contributed by atoms with Crippen LogP contribution in [0.4, 0.5) is 4.79 Å². The topological polar surface area (TPSA) is 118 Å². The third-order valence-corrected chi connectivity index (χ3v) is 6.96. The first kappa shape index (κ1) is 33.2. The summed E-state index contributed by atoms with van der Waals surface area (Å²) in [4.78, 5) is 39.6. The lowest BCUT2D eigenvalue weighted by atomic mass is 9.85. The van der Waals surface area contributed by atoms with Crippen LogP contribution in [0, 0.1) is 11.3 Å². The maximum absolute atomic E-state index is 13.6. The van der Waals surface area contributed by atoms with Gasteiger partial charge in [-0.1, -0.05) is 66.2 Å². The summed E-state index contributed by atoms with van der Waals surface area (Å²) in [6.45, 7) is 10.0. The molecule has 226 valence electrons. The van der Waals surface area contributed by atoms with Gasteiger partial charge in [0.1, 0.15) is 5.60 Å². The van der Waals surface area contributed by atoms with Gasteiger partial charge in [0, 0.05) is 17.0 Å². The Bertz CT molecular complexity index is 1460. The number of nitriles is 1. The van der Waals surface area contributed by atoms with E-state index in [1.54, 1.807) is 75.4 Å². The van der Waals surface area contributed by atoms with Crippen LogP contribution in [0.2, 0.25) is 5.02 Å². The molecular formula is C34H38ClN3O5. The highest BCUT2D eigenvalue weighted by Gasteiger charge is 2.38. The molecule has 3 aromatic carbocycles. The average molecular weight is 604 g/mol. The van der Waals surface area contributed by atoms with Crippen LogP contribution in [0.3, 0.4) is 0 Å². The molecule has 0 heterocycles. The van der Waals surface area contributed by atoms with Crippen molar-refractivity contribution in [1.82, 2.24) is 10.6 Å². The lowest BCUT2D eigenvalue weighted by molar-refractivity contribution is -0.167. The van der Waals surface area contributed by atoms with Crippen molar-refractivity contribution in [1.29, 1.82) is 5.26 Å². The molecule has 9 heteroatoms. The van der Waals surface area contributed by atoms with Gasteiger partial charge in [0.05, 0.1) is 11.6 Å². The second-order valence-corrected chi connectivity index (χ2v) is 12.3. The SMILES string of the molecule is C[C@H](NC(=O)C(C)(C)OC(=O)C(NC(=O)OC(C)(C)C)c1ccccc1)[C@@H](Cc1ccc(Cl)cc1)c1cccc(C#N)c1. The molecule has 0 saturated carbocycles. The van der Waals surface area contributed by atoms with E-state index in [2.05, 4.69) is 16.7 Å². The highest BCUT2D eigenvalue weighted by Crippen LogP contribution is 2.27. The molecule has 8 nitrogen and oxygen atoms in total. The van der Waals surface area contributed by atoms with Crippen molar-refractivity contribution in [3.63, 3.8) is 0 Å². The third kappa shape index (κ3) is 9.86. The lowest BCUT2D eigenvalue weighted by Gasteiger charge is -2.31. The maximum atomic E-state index is 13.6. The van der Waals surface area contributed by atoms with Crippen molar-refractivity contribution in [2.75, 3.05) is 0 Å². The second kappa shape index (κ2) is 14.2. The molecule has 3 atom stereocenters. The van der Waals surface area contributed by atoms with Crippen LogP contribution in [0.25, 0.3) is 0 Å². The van der Waals surface area contributed by atoms with Crippen molar-refractivity contribution in [2.45, 2.75) is 77.2 Å². The number of amides is 2. The van der Waals surface area contributed by atoms with Gasteiger partial charge in [0.25, 0.3) is 5.91 Å². The first-order valence-corrected chi connectivity index (χ1v) is 14.4. The summed E-state index contributed by atoms with van der Waals surface area (Å²) in [7, 11) is 0. The molecule has 3 aromatic rings. The summed E-state index contributed by atoms with van der Waals surface area (Å²) < 4.78 is 11.1. The molecule has 0 fully saturated rings. The predicted octanol–water partition coefficient (Wildman–Crippen LogP) is 6.63. The number of alkyl carbamates (subject to hydrolysis) is 1. The number of nitrogens with one attached hydrogen (secondary N) is 2. The van der Waals surface area contributed by atoms with Gasteiger partial charge in [0.15, 0.2) is 11.6 Å². The van der Waals surface area contributed by atoms with Crippen molar-refractivity contribution < 1.29 is 23.9 Å². The fourth-order valence-corrected chi connectivity index (χ4v) is 4.61. The Hall–Kier alpha value is -4.35. The van der Waals surface area contributed by atoms with E-state index in [1.807, 2.05) is 31.2 Å². The Labute approximate surface area is 258 Å². The monoisotopic (exact) mass is 603 g/mol. The highest BCUT2D eigenvalue weighted by atomic mass is 35.5. The number of hydrogen-bond donors (Lipinski definition) is 2. The van der Waals surface area contributed by atoms with E-state index in [4.69, 9.17) is 21.1 Å². The summed E-state index contributed by atoms with van der Waals surface area (Å²) >= 11 is 6.08. The number of benzene rings is 3. The molecule has 0 aromatic heterocycles. The molecular weight excluding hydrogens is 566 g/mol. The van der Waals surface area contributed by atoms with Crippen molar-refractivity contribution in [3.8, 4) is 6.07 Å². The van der Waals surface area contributed by atoms with E-state index in [1.165, 1.54) is 13.8 Å². The van der Waals surface area contributed by atoms with Gasteiger partial charge in [-0.2, -0.15) is 5.26 Å². The lowest BCUT2D eigenvalue weighted by Crippen LogP contribution is -2.51. The van der Waals surface area contributed by atoms with Gasteiger partial charge >= 0.3 is 12.1 Å². The zero-order chi connectivity index (χ0) is 31.8. The van der Waals surface area contributed by atoms with E-state index in [-0.39, 0.29) is 5.92 Å². The number of rotatable bonds is 10. The van der Waals surface area contributed by atoms with Gasteiger partial charge in [-0.05, 0) is 88.9 Å². The normalized spacial score (nSPS) is 13.5. The summed E-state index contributed by atoms with van der Waals surface area (Å²) in [5.41, 5.74) is 0.497. The third-order valence-electron chi connectivity index (χ3n) is 6.71. The summed E-state index contributed by atoms with van der Waals surface area (Å²) in [6.07, 6.45) is -0.234. The van der Waals surface area contributed by atoms with E-state index in [9.17, 15) is 19.6 Å². The Balaban J connectivity index is 1.81. The first-order chi connectivity index (χ1) is 20.2. The quantitative estimate of drug-likeness (QED) is 0.251. The molecule has 2 amide bonds. The number of carbonyl (C=O) groups is 3. The van der Waals surface area contributed by atoms with Gasteiger partial charge in [-0.25, -0.2) is 9.59 Å². The maximum Gasteiger partial charge on any atom is 0.408 e. The van der Waals surface area contributed by atoms with E-state index in [0.29, 0.717) is 22.6 Å². The highest BCUT2D eigenvalue weighted by molar-refractivity contribution is 6.30. The smallest absolute Gasteiger partial charge is 0.408 e. The number of hydrogen-bond acceptors (Lipinski definition) is 6. The molecule has 43 heavy (non-hydrogen) atoms. The molecule has 3 rings (SSSR count). The van der Waals surface area contributed by atoms with Gasteiger partial charge in [-0.3, -0.25) is 4.79 Å². The predicted molar refractivity (Wildman–Crippen MR) is 165 cm³/mol. The molecule has 0 bridgehead atoms.